The maximum absolute atomic E-state index is 15.0. The molecule has 210 valence electrons. The molecule has 0 bridgehead atoms. The van der Waals surface area contributed by atoms with Crippen LogP contribution >= 0.6 is 0 Å². The number of amides is 2. The minimum atomic E-state index is -0.597. The maximum Gasteiger partial charge on any atom is 0.414 e. The van der Waals surface area contributed by atoms with Crippen LogP contribution < -0.4 is 15.1 Å². The number of benzene rings is 3. The van der Waals surface area contributed by atoms with E-state index in [2.05, 4.69) is 19.2 Å². The normalized spacial score (nSPS) is 14.8. The van der Waals surface area contributed by atoms with Gasteiger partial charge in [0.2, 0.25) is 5.91 Å². The highest BCUT2D eigenvalue weighted by atomic mass is 19.1. The molecule has 3 aromatic rings. The number of Topliss-reactive ketones (excluding diaryl/α,β-unsaturated/α-hetero) is 1. The molecule has 0 aromatic heterocycles. The van der Waals surface area contributed by atoms with E-state index in [4.69, 9.17) is 4.74 Å². The van der Waals surface area contributed by atoms with Gasteiger partial charge in [0, 0.05) is 32.0 Å². The second kappa shape index (κ2) is 13.2. The van der Waals surface area contributed by atoms with E-state index in [1.807, 2.05) is 54.4 Å². The van der Waals surface area contributed by atoms with Gasteiger partial charge in [0.15, 0.2) is 5.78 Å². The van der Waals surface area contributed by atoms with E-state index in [0.717, 1.165) is 12.0 Å². The number of ether oxygens (including phenoxy) is 1. The fourth-order valence-electron chi connectivity index (χ4n) is 4.74. The van der Waals surface area contributed by atoms with Crippen LogP contribution in [0.2, 0.25) is 0 Å². The highest BCUT2D eigenvalue weighted by molar-refractivity contribution is 5.98. The van der Waals surface area contributed by atoms with Gasteiger partial charge in [-0.1, -0.05) is 68.4 Å². The Morgan fingerprint density at radius 1 is 1.02 bits per heavy atom. The van der Waals surface area contributed by atoms with Gasteiger partial charge < -0.3 is 15.0 Å². The predicted molar refractivity (Wildman–Crippen MR) is 154 cm³/mol. The van der Waals surface area contributed by atoms with Crippen LogP contribution in [0.4, 0.5) is 20.6 Å². The number of hydrogen-bond donors (Lipinski definition) is 1. The number of carbonyl (C=O) groups excluding carboxylic acids is 3. The quantitative estimate of drug-likeness (QED) is 0.293. The van der Waals surface area contributed by atoms with Crippen LogP contribution in [0.15, 0.2) is 72.8 Å². The lowest BCUT2D eigenvalue weighted by atomic mass is 9.99. The summed E-state index contributed by atoms with van der Waals surface area (Å²) in [5.74, 6) is -0.296. The van der Waals surface area contributed by atoms with Crippen LogP contribution in [-0.2, 0) is 22.5 Å². The molecule has 1 aliphatic rings. The van der Waals surface area contributed by atoms with E-state index < -0.39 is 18.0 Å². The fourth-order valence-corrected chi connectivity index (χ4v) is 4.74. The summed E-state index contributed by atoms with van der Waals surface area (Å²) in [6, 6.07) is 21.9. The molecule has 0 unspecified atom stereocenters. The Morgan fingerprint density at radius 3 is 2.42 bits per heavy atom. The average molecular weight is 546 g/mol. The van der Waals surface area contributed by atoms with E-state index in [1.165, 1.54) is 16.5 Å². The first kappa shape index (κ1) is 28.8. The van der Waals surface area contributed by atoms with Gasteiger partial charge in [-0.3, -0.25) is 14.5 Å². The molecular weight excluding hydrogens is 509 g/mol. The predicted octanol–water partition coefficient (Wildman–Crippen LogP) is 5.77. The topological polar surface area (TPSA) is 79.0 Å². The van der Waals surface area contributed by atoms with E-state index >= 15 is 0 Å². The molecule has 0 saturated carbocycles. The third-order valence-corrected chi connectivity index (χ3v) is 6.82. The van der Waals surface area contributed by atoms with Crippen LogP contribution in [0.25, 0.3) is 0 Å². The van der Waals surface area contributed by atoms with Gasteiger partial charge in [-0.15, -0.1) is 0 Å². The van der Waals surface area contributed by atoms with Gasteiger partial charge in [0.05, 0.1) is 24.5 Å². The summed E-state index contributed by atoms with van der Waals surface area (Å²) in [5, 5.41) is 2.74. The molecule has 1 saturated heterocycles. The Bertz CT molecular complexity index is 1330. The Labute approximate surface area is 234 Å². The molecule has 4 rings (SSSR count). The number of anilines is 2. The number of halogens is 1. The number of nitrogens with zero attached hydrogens (tertiary/aromatic N) is 2. The van der Waals surface area contributed by atoms with E-state index in [-0.39, 0.29) is 37.6 Å². The van der Waals surface area contributed by atoms with Crippen LogP contribution in [0.5, 0.6) is 0 Å². The van der Waals surface area contributed by atoms with Gasteiger partial charge in [-0.2, -0.15) is 0 Å². The molecule has 1 atom stereocenters. The van der Waals surface area contributed by atoms with Crippen molar-refractivity contribution in [3.05, 3.63) is 95.3 Å². The first-order valence-corrected chi connectivity index (χ1v) is 13.6. The molecular formula is C32H36FN3O4. The molecule has 1 N–H and O–H groups in total. The third-order valence-electron chi connectivity index (χ3n) is 6.82. The SMILES string of the molecule is CC(C)Cc1ccc(C(=O)CCC(=O)NC[C@H]2CN(c3ccc(N(C)Cc4ccccc4)c(F)c3)C(=O)O2)cc1. The average Bonchev–Trinajstić information content (AvgIpc) is 3.31. The molecule has 1 aliphatic heterocycles. The fraction of sp³-hybridized carbons (Fsp3) is 0.344. The molecule has 7 nitrogen and oxygen atoms in total. The number of cyclic esters (lactones) is 1. The van der Waals surface area contributed by atoms with Gasteiger partial charge in [-0.25, -0.2) is 9.18 Å². The van der Waals surface area contributed by atoms with Gasteiger partial charge >= 0.3 is 6.09 Å². The zero-order chi connectivity index (χ0) is 28.6. The van der Waals surface area contributed by atoms with Crippen LogP contribution in [-0.4, -0.2) is 44.0 Å². The molecule has 40 heavy (non-hydrogen) atoms. The van der Waals surface area contributed by atoms with E-state index in [0.29, 0.717) is 29.4 Å². The molecule has 0 radical (unpaired) electrons. The van der Waals surface area contributed by atoms with Crippen molar-refractivity contribution >= 4 is 29.2 Å². The van der Waals surface area contributed by atoms with E-state index in [1.54, 1.807) is 24.3 Å². The second-order valence-electron chi connectivity index (χ2n) is 10.6. The lowest BCUT2D eigenvalue weighted by Gasteiger charge is -2.21. The van der Waals surface area contributed by atoms with Crippen molar-refractivity contribution in [3.63, 3.8) is 0 Å². The van der Waals surface area contributed by atoms with Crippen LogP contribution in [0, 0.1) is 11.7 Å². The lowest BCUT2D eigenvalue weighted by molar-refractivity contribution is -0.121. The first-order valence-electron chi connectivity index (χ1n) is 13.6. The molecule has 2 amide bonds. The van der Waals surface area contributed by atoms with Crippen LogP contribution in [0.1, 0.15) is 48.2 Å². The summed E-state index contributed by atoms with van der Waals surface area (Å²) in [6.45, 7) is 5.12. The molecule has 1 fully saturated rings. The summed E-state index contributed by atoms with van der Waals surface area (Å²) >= 11 is 0. The molecule has 0 spiro atoms. The standard InChI is InChI=1S/C32H36FN3O4/c1-22(2)17-23-9-11-25(12-10-23)30(37)15-16-31(38)34-19-27-21-36(32(39)40-27)26-13-14-29(28(33)18-26)35(3)20-24-7-5-4-6-8-24/h4-14,18,22,27H,15-17,19-21H2,1-3H3,(H,34,38)/t27-/m0/s1. The third kappa shape index (κ3) is 7.68. The lowest BCUT2D eigenvalue weighted by Crippen LogP contribution is -2.34. The number of nitrogens with one attached hydrogen (secondary N) is 1. The minimum absolute atomic E-state index is 0.0418. The summed E-state index contributed by atoms with van der Waals surface area (Å²) in [6.07, 6.45) is -0.0905. The highest BCUT2D eigenvalue weighted by Gasteiger charge is 2.33. The van der Waals surface area contributed by atoms with Crippen LogP contribution in [0.3, 0.4) is 0 Å². The molecule has 3 aromatic carbocycles. The molecule has 0 aliphatic carbocycles. The van der Waals surface area contributed by atoms with Crippen molar-refractivity contribution in [2.75, 3.05) is 29.9 Å². The van der Waals surface area contributed by atoms with Crippen molar-refractivity contribution in [2.45, 2.75) is 45.8 Å². The van der Waals surface area contributed by atoms with Gasteiger partial charge in [0.1, 0.15) is 11.9 Å². The monoisotopic (exact) mass is 545 g/mol. The Morgan fingerprint density at radius 2 is 1.75 bits per heavy atom. The van der Waals surface area contributed by atoms with Crippen molar-refractivity contribution in [1.29, 1.82) is 0 Å². The summed E-state index contributed by atoms with van der Waals surface area (Å²) in [7, 11) is 1.81. The van der Waals surface area contributed by atoms with Crippen molar-refractivity contribution in [3.8, 4) is 0 Å². The maximum atomic E-state index is 15.0. The smallest absolute Gasteiger partial charge is 0.414 e. The Kier molecular flexibility index (Phi) is 9.53. The molecule has 8 heteroatoms. The number of rotatable bonds is 12. The molecule has 1 heterocycles. The summed E-state index contributed by atoms with van der Waals surface area (Å²) in [4.78, 5) is 40.5. The zero-order valence-electron chi connectivity index (χ0n) is 23.2. The minimum Gasteiger partial charge on any atom is -0.442 e. The zero-order valence-corrected chi connectivity index (χ0v) is 23.2. The Balaban J connectivity index is 1.24. The first-order chi connectivity index (χ1) is 19.2. The summed E-state index contributed by atoms with van der Waals surface area (Å²) < 4.78 is 20.4. The van der Waals surface area contributed by atoms with Gasteiger partial charge in [0.25, 0.3) is 0 Å². The summed E-state index contributed by atoms with van der Waals surface area (Å²) in [5.41, 5.74) is 3.63. The van der Waals surface area contributed by atoms with Crippen molar-refractivity contribution in [2.24, 2.45) is 5.92 Å². The number of ketones is 1. The van der Waals surface area contributed by atoms with E-state index in [9.17, 15) is 18.8 Å². The Hall–Kier alpha value is -4.20. The number of hydrogen-bond acceptors (Lipinski definition) is 5. The highest BCUT2D eigenvalue weighted by Crippen LogP contribution is 2.28. The largest absolute Gasteiger partial charge is 0.442 e. The van der Waals surface area contributed by atoms with Crippen molar-refractivity contribution in [1.82, 2.24) is 5.32 Å². The van der Waals surface area contributed by atoms with Crippen molar-refractivity contribution < 1.29 is 23.5 Å². The second-order valence-corrected chi connectivity index (χ2v) is 10.6. The van der Waals surface area contributed by atoms with Gasteiger partial charge in [-0.05, 0) is 41.7 Å². The number of carbonyl (C=O) groups is 3.